The van der Waals surface area contributed by atoms with Crippen molar-refractivity contribution in [1.82, 2.24) is 15.0 Å². The molecule has 106 valence electrons. The number of halogens is 2. The second-order valence-electron chi connectivity index (χ2n) is 5.61. The van der Waals surface area contributed by atoms with Crippen molar-refractivity contribution < 1.29 is 0 Å². The molecule has 0 bridgehead atoms. The first-order valence-corrected chi connectivity index (χ1v) is 6.96. The molecule has 0 saturated carbocycles. The first-order chi connectivity index (χ1) is 9.25. The van der Waals surface area contributed by atoms with Crippen molar-refractivity contribution in [3.63, 3.8) is 0 Å². The van der Waals surface area contributed by atoms with E-state index in [1.807, 2.05) is 26.8 Å². The lowest BCUT2D eigenvalue weighted by molar-refractivity contribution is 0.538. The normalized spacial score (nSPS) is 11.7. The number of benzene rings is 1. The van der Waals surface area contributed by atoms with Crippen molar-refractivity contribution >= 4 is 29.2 Å². The molecule has 2 N–H and O–H groups in total. The van der Waals surface area contributed by atoms with Gasteiger partial charge in [-0.3, -0.25) is 0 Å². The van der Waals surface area contributed by atoms with Gasteiger partial charge < -0.3 is 5.73 Å². The molecule has 0 aliphatic heterocycles. The molecule has 0 amide bonds. The molecular weight excluding hydrogens is 295 g/mol. The Morgan fingerprint density at radius 3 is 2.35 bits per heavy atom. The van der Waals surface area contributed by atoms with Crippen LogP contribution in [0.3, 0.4) is 0 Å². The Labute approximate surface area is 128 Å². The topological polar surface area (TPSA) is 64.7 Å². The molecule has 1 heterocycles. The van der Waals surface area contributed by atoms with Crippen LogP contribution in [0.2, 0.25) is 10.0 Å². The highest BCUT2D eigenvalue weighted by Gasteiger charge is 2.19. The van der Waals surface area contributed by atoms with Crippen LogP contribution in [-0.4, -0.2) is 15.0 Å². The van der Waals surface area contributed by atoms with Gasteiger partial charge in [0.25, 0.3) is 0 Å². The summed E-state index contributed by atoms with van der Waals surface area (Å²) in [6.07, 6.45) is 0.534. The maximum Gasteiger partial charge on any atom is 0.223 e. The fourth-order valence-electron chi connectivity index (χ4n) is 1.68. The van der Waals surface area contributed by atoms with Gasteiger partial charge in [-0.1, -0.05) is 50.0 Å². The molecule has 0 aliphatic rings. The first-order valence-electron chi connectivity index (χ1n) is 6.20. The summed E-state index contributed by atoms with van der Waals surface area (Å²) in [6, 6.07) is 5.46. The molecule has 0 aliphatic carbocycles. The van der Waals surface area contributed by atoms with Crippen molar-refractivity contribution in [3.05, 3.63) is 45.5 Å². The van der Waals surface area contributed by atoms with E-state index in [9.17, 15) is 0 Å². The SMILES string of the molecule is CC(C)(C)c1nc(N)nc(Cc2ccc(Cl)c(Cl)c2)n1. The standard InChI is InChI=1S/C14H16Cl2N4/c1-14(2,3)12-18-11(19-13(17)20-12)7-8-4-5-9(15)10(16)6-8/h4-6H,7H2,1-3H3,(H2,17,18,19,20). The van der Waals surface area contributed by atoms with Crippen LogP contribution in [-0.2, 0) is 11.8 Å². The van der Waals surface area contributed by atoms with E-state index in [-0.39, 0.29) is 11.4 Å². The number of hydrogen-bond acceptors (Lipinski definition) is 4. The summed E-state index contributed by atoms with van der Waals surface area (Å²) >= 11 is 11.9. The monoisotopic (exact) mass is 310 g/mol. The molecule has 4 nitrogen and oxygen atoms in total. The fraction of sp³-hybridized carbons (Fsp3) is 0.357. The predicted molar refractivity (Wildman–Crippen MR) is 82.2 cm³/mol. The minimum Gasteiger partial charge on any atom is -0.368 e. The van der Waals surface area contributed by atoms with Crippen LogP contribution in [0, 0.1) is 0 Å². The summed E-state index contributed by atoms with van der Waals surface area (Å²) in [4.78, 5) is 12.8. The van der Waals surface area contributed by atoms with E-state index in [0.717, 1.165) is 5.56 Å². The van der Waals surface area contributed by atoms with Gasteiger partial charge in [-0.05, 0) is 17.7 Å². The van der Waals surface area contributed by atoms with Crippen molar-refractivity contribution in [2.24, 2.45) is 0 Å². The Kier molecular flexibility index (Phi) is 4.16. The fourth-order valence-corrected chi connectivity index (χ4v) is 2.01. The van der Waals surface area contributed by atoms with E-state index < -0.39 is 0 Å². The van der Waals surface area contributed by atoms with Gasteiger partial charge in [-0.25, -0.2) is 4.98 Å². The van der Waals surface area contributed by atoms with Crippen LogP contribution in [0.15, 0.2) is 18.2 Å². The first kappa shape index (κ1) is 15.0. The Bertz CT molecular complexity index is 636. The Balaban J connectivity index is 2.33. The zero-order valence-electron chi connectivity index (χ0n) is 11.6. The van der Waals surface area contributed by atoms with Gasteiger partial charge in [0.15, 0.2) is 0 Å². The van der Waals surface area contributed by atoms with Gasteiger partial charge >= 0.3 is 0 Å². The maximum atomic E-state index is 6.01. The largest absolute Gasteiger partial charge is 0.368 e. The molecule has 2 aromatic rings. The number of hydrogen-bond donors (Lipinski definition) is 1. The van der Waals surface area contributed by atoms with Crippen molar-refractivity contribution in [2.45, 2.75) is 32.6 Å². The van der Waals surface area contributed by atoms with E-state index in [4.69, 9.17) is 28.9 Å². The van der Waals surface area contributed by atoms with E-state index in [1.54, 1.807) is 12.1 Å². The highest BCUT2D eigenvalue weighted by Crippen LogP contribution is 2.24. The minimum atomic E-state index is -0.177. The Morgan fingerprint density at radius 2 is 1.75 bits per heavy atom. The third kappa shape index (κ3) is 3.58. The number of rotatable bonds is 2. The predicted octanol–water partition coefficient (Wildman–Crippen LogP) is 3.65. The molecule has 0 fully saturated rings. The van der Waals surface area contributed by atoms with E-state index >= 15 is 0 Å². The van der Waals surface area contributed by atoms with Gasteiger partial charge in [0.2, 0.25) is 5.95 Å². The van der Waals surface area contributed by atoms with Gasteiger partial charge in [0.05, 0.1) is 10.0 Å². The number of aromatic nitrogens is 3. The molecule has 20 heavy (non-hydrogen) atoms. The lowest BCUT2D eigenvalue weighted by Gasteiger charge is -2.17. The third-order valence-electron chi connectivity index (χ3n) is 2.72. The van der Waals surface area contributed by atoms with Crippen LogP contribution >= 0.6 is 23.2 Å². The van der Waals surface area contributed by atoms with Crippen LogP contribution in [0.4, 0.5) is 5.95 Å². The highest BCUT2D eigenvalue weighted by molar-refractivity contribution is 6.42. The molecule has 0 saturated heterocycles. The molecule has 0 unspecified atom stereocenters. The third-order valence-corrected chi connectivity index (χ3v) is 3.46. The molecule has 1 aromatic heterocycles. The van der Waals surface area contributed by atoms with E-state index in [2.05, 4.69) is 15.0 Å². The summed E-state index contributed by atoms with van der Waals surface area (Å²) in [6.45, 7) is 6.10. The number of nitrogens with zero attached hydrogens (tertiary/aromatic N) is 3. The minimum absolute atomic E-state index is 0.177. The Morgan fingerprint density at radius 1 is 1.05 bits per heavy atom. The second-order valence-corrected chi connectivity index (χ2v) is 6.42. The van der Waals surface area contributed by atoms with Gasteiger partial charge in [0.1, 0.15) is 11.6 Å². The van der Waals surface area contributed by atoms with E-state index in [0.29, 0.717) is 28.1 Å². The van der Waals surface area contributed by atoms with Crippen LogP contribution in [0.25, 0.3) is 0 Å². The lowest BCUT2D eigenvalue weighted by Crippen LogP contribution is -2.19. The zero-order valence-corrected chi connectivity index (χ0v) is 13.1. The van der Waals surface area contributed by atoms with Crippen molar-refractivity contribution in [2.75, 3.05) is 5.73 Å². The average Bonchev–Trinajstić information content (AvgIpc) is 2.32. The number of nitrogens with two attached hydrogens (primary N) is 1. The van der Waals surface area contributed by atoms with Crippen molar-refractivity contribution in [3.8, 4) is 0 Å². The van der Waals surface area contributed by atoms with Crippen LogP contribution in [0.5, 0.6) is 0 Å². The maximum absolute atomic E-state index is 6.01. The lowest BCUT2D eigenvalue weighted by atomic mass is 9.96. The molecule has 1 aromatic carbocycles. The number of nitrogen functional groups attached to an aromatic ring is 1. The number of anilines is 1. The molecule has 0 atom stereocenters. The van der Waals surface area contributed by atoms with E-state index in [1.165, 1.54) is 0 Å². The van der Waals surface area contributed by atoms with Crippen LogP contribution in [0.1, 0.15) is 38.0 Å². The summed E-state index contributed by atoms with van der Waals surface area (Å²) in [5, 5.41) is 1.04. The van der Waals surface area contributed by atoms with Gasteiger partial charge in [-0.15, -0.1) is 0 Å². The zero-order chi connectivity index (χ0) is 14.9. The summed E-state index contributed by atoms with van der Waals surface area (Å²) in [5.41, 5.74) is 6.55. The summed E-state index contributed by atoms with van der Waals surface area (Å²) in [7, 11) is 0. The van der Waals surface area contributed by atoms with Gasteiger partial charge in [0, 0.05) is 11.8 Å². The summed E-state index contributed by atoms with van der Waals surface area (Å²) in [5.74, 6) is 1.54. The molecule has 0 radical (unpaired) electrons. The smallest absolute Gasteiger partial charge is 0.223 e. The molecule has 6 heteroatoms. The highest BCUT2D eigenvalue weighted by atomic mass is 35.5. The molecular formula is C14H16Cl2N4. The van der Waals surface area contributed by atoms with Crippen LogP contribution < -0.4 is 5.73 Å². The quantitative estimate of drug-likeness (QED) is 0.919. The Hall–Kier alpha value is -1.39. The second kappa shape index (κ2) is 5.54. The van der Waals surface area contributed by atoms with Crippen molar-refractivity contribution in [1.29, 1.82) is 0 Å². The van der Waals surface area contributed by atoms with Gasteiger partial charge in [-0.2, -0.15) is 9.97 Å². The molecule has 0 spiro atoms. The average molecular weight is 311 g/mol. The molecule has 2 rings (SSSR count). The summed E-state index contributed by atoms with van der Waals surface area (Å²) < 4.78 is 0.